The standard InChI is InChI=1S/C15H24BrN3OS/c1-5-6-17-14-11(16)12(15(2,3)4)18-13(19-14)10-9-21-8-7-20-10/h10H,5-9H2,1-4H3,(H,17,18,19). The maximum Gasteiger partial charge on any atom is 0.160 e. The first-order chi connectivity index (χ1) is 9.93. The molecule has 1 aliphatic heterocycles. The van der Waals surface area contributed by atoms with Crippen LogP contribution < -0.4 is 5.32 Å². The predicted molar refractivity (Wildman–Crippen MR) is 93.2 cm³/mol. The van der Waals surface area contributed by atoms with Gasteiger partial charge in [0, 0.05) is 23.5 Å². The van der Waals surface area contributed by atoms with Crippen molar-refractivity contribution in [3.8, 4) is 0 Å². The summed E-state index contributed by atoms with van der Waals surface area (Å²) in [6.45, 7) is 10.3. The molecule has 0 saturated carbocycles. The smallest absolute Gasteiger partial charge is 0.160 e. The minimum absolute atomic E-state index is 0.000117. The van der Waals surface area contributed by atoms with E-state index in [1.54, 1.807) is 0 Å². The van der Waals surface area contributed by atoms with Gasteiger partial charge in [0.15, 0.2) is 5.82 Å². The Labute approximate surface area is 140 Å². The molecule has 1 aromatic rings. The molecule has 0 aliphatic carbocycles. The Morgan fingerprint density at radius 1 is 1.38 bits per heavy atom. The molecule has 1 unspecified atom stereocenters. The van der Waals surface area contributed by atoms with E-state index in [-0.39, 0.29) is 11.5 Å². The number of hydrogen-bond acceptors (Lipinski definition) is 5. The Morgan fingerprint density at radius 2 is 2.14 bits per heavy atom. The molecule has 21 heavy (non-hydrogen) atoms. The highest BCUT2D eigenvalue weighted by molar-refractivity contribution is 9.10. The second-order valence-corrected chi connectivity index (χ2v) is 8.15. The van der Waals surface area contributed by atoms with E-state index in [1.165, 1.54) is 0 Å². The van der Waals surface area contributed by atoms with Gasteiger partial charge in [-0.2, -0.15) is 11.8 Å². The van der Waals surface area contributed by atoms with Gasteiger partial charge in [0.2, 0.25) is 0 Å². The molecule has 6 heteroatoms. The van der Waals surface area contributed by atoms with Crippen LogP contribution in [0.5, 0.6) is 0 Å². The minimum atomic E-state index is -0.0407. The number of hydrogen-bond donors (Lipinski definition) is 1. The predicted octanol–water partition coefficient (Wildman–Crippen LogP) is 4.16. The summed E-state index contributed by atoms with van der Waals surface area (Å²) in [6.07, 6.45) is 1.06. The Kier molecular flexibility index (Phi) is 5.91. The summed E-state index contributed by atoms with van der Waals surface area (Å²) in [7, 11) is 0. The molecule has 1 aromatic heterocycles. The van der Waals surface area contributed by atoms with Gasteiger partial charge in [0.1, 0.15) is 11.9 Å². The first-order valence-corrected chi connectivity index (χ1v) is 9.39. The lowest BCUT2D eigenvalue weighted by Gasteiger charge is -2.26. The first-order valence-electron chi connectivity index (χ1n) is 7.44. The Bertz CT molecular complexity index is 485. The molecule has 1 atom stereocenters. The molecule has 2 rings (SSSR count). The number of nitrogens with zero attached hydrogens (tertiary/aromatic N) is 2. The molecular formula is C15H24BrN3OS. The van der Waals surface area contributed by atoms with E-state index < -0.39 is 0 Å². The third kappa shape index (κ3) is 4.33. The van der Waals surface area contributed by atoms with Gasteiger partial charge in [-0.25, -0.2) is 9.97 Å². The van der Waals surface area contributed by atoms with Gasteiger partial charge in [-0.05, 0) is 22.4 Å². The van der Waals surface area contributed by atoms with E-state index in [9.17, 15) is 0 Å². The lowest BCUT2D eigenvalue weighted by atomic mass is 9.91. The average Bonchev–Trinajstić information content (AvgIpc) is 2.46. The van der Waals surface area contributed by atoms with Crippen LogP contribution in [0.25, 0.3) is 0 Å². The largest absolute Gasteiger partial charge is 0.369 e. The highest BCUT2D eigenvalue weighted by Gasteiger charge is 2.27. The van der Waals surface area contributed by atoms with Crippen molar-refractivity contribution in [3.05, 3.63) is 16.0 Å². The quantitative estimate of drug-likeness (QED) is 0.858. The topological polar surface area (TPSA) is 47.0 Å². The van der Waals surface area contributed by atoms with Gasteiger partial charge in [0.25, 0.3) is 0 Å². The summed E-state index contributed by atoms with van der Waals surface area (Å²) in [4.78, 5) is 9.50. The van der Waals surface area contributed by atoms with E-state index >= 15 is 0 Å². The van der Waals surface area contributed by atoms with Crippen molar-refractivity contribution in [2.75, 3.05) is 30.0 Å². The second-order valence-electron chi connectivity index (χ2n) is 6.20. The van der Waals surface area contributed by atoms with E-state index in [1.807, 2.05) is 11.8 Å². The summed E-state index contributed by atoms with van der Waals surface area (Å²) < 4.78 is 6.81. The summed E-state index contributed by atoms with van der Waals surface area (Å²) in [5.74, 6) is 3.67. The summed E-state index contributed by atoms with van der Waals surface area (Å²) >= 11 is 5.57. The fraction of sp³-hybridized carbons (Fsp3) is 0.733. The molecule has 0 spiro atoms. The fourth-order valence-electron chi connectivity index (χ4n) is 2.10. The van der Waals surface area contributed by atoms with Crippen molar-refractivity contribution in [1.82, 2.24) is 9.97 Å². The van der Waals surface area contributed by atoms with E-state index in [2.05, 4.69) is 48.9 Å². The van der Waals surface area contributed by atoms with E-state index in [0.29, 0.717) is 0 Å². The maximum atomic E-state index is 5.84. The molecular weight excluding hydrogens is 350 g/mol. The Morgan fingerprint density at radius 3 is 2.71 bits per heavy atom. The lowest BCUT2D eigenvalue weighted by Crippen LogP contribution is -2.23. The number of nitrogens with one attached hydrogen (secondary N) is 1. The minimum Gasteiger partial charge on any atom is -0.369 e. The van der Waals surface area contributed by atoms with Crippen LogP contribution in [-0.4, -0.2) is 34.6 Å². The second kappa shape index (κ2) is 7.29. The first kappa shape index (κ1) is 17.0. The lowest BCUT2D eigenvalue weighted by molar-refractivity contribution is 0.0692. The van der Waals surface area contributed by atoms with Crippen molar-refractivity contribution in [1.29, 1.82) is 0 Å². The monoisotopic (exact) mass is 373 g/mol. The van der Waals surface area contributed by atoms with Gasteiger partial charge < -0.3 is 10.1 Å². The summed E-state index contributed by atoms with van der Waals surface area (Å²) in [5, 5.41) is 3.39. The molecule has 1 fully saturated rings. The molecule has 4 nitrogen and oxygen atoms in total. The molecule has 1 N–H and O–H groups in total. The van der Waals surface area contributed by atoms with E-state index in [4.69, 9.17) is 14.7 Å². The highest BCUT2D eigenvalue weighted by Crippen LogP contribution is 2.35. The van der Waals surface area contributed by atoms with Gasteiger partial charge >= 0.3 is 0 Å². The van der Waals surface area contributed by atoms with E-state index in [0.717, 1.165) is 52.9 Å². The maximum absolute atomic E-state index is 5.84. The molecule has 2 heterocycles. The van der Waals surface area contributed by atoms with Crippen LogP contribution in [0.4, 0.5) is 5.82 Å². The fourth-order valence-corrected chi connectivity index (χ4v) is 3.86. The SMILES string of the molecule is CCCNc1nc(C2CSCCO2)nc(C(C)(C)C)c1Br. The Balaban J connectivity index is 2.39. The zero-order chi connectivity index (χ0) is 15.5. The van der Waals surface area contributed by atoms with Crippen LogP contribution in [-0.2, 0) is 10.2 Å². The molecule has 0 aromatic carbocycles. The van der Waals surface area contributed by atoms with Gasteiger partial charge in [-0.15, -0.1) is 0 Å². The third-order valence-electron chi connectivity index (χ3n) is 3.23. The number of thioether (sulfide) groups is 1. The third-order valence-corrected chi connectivity index (χ3v) is 4.97. The normalized spacial score (nSPS) is 19.6. The highest BCUT2D eigenvalue weighted by atomic mass is 79.9. The van der Waals surface area contributed by atoms with Gasteiger partial charge in [-0.1, -0.05) is 27.7 Å². The molecule has 0 amide bonds. The zero-order valence-electron chi connectivity index (χ0n) is 13.2. The van der Waals surface area contributed by atoms with Crippen LogP contribution in [0.3, 0.4) is 0 Å². The number of ether oxygens (including phenoxy) is 1. The summed E-state index contributed by atoms with van der Waals surface area (Å²) in [5.41, 5.74) is 0.992. The molecule has 0 radical (unpaired) electrons. The van der Waals surface area contributed by atoms with Crippen LogP contribution >= 0.6 is 27.7 Å². The van der Waals surface area contributed by atoms with Crippen LogP contribution in [0.15, 0.2) is 4.47 Å². The van der Waals surface area contributed by atoms with Crippen molar-refractivity contribution >= 4 is 33.5 Å². The molecule has 1 saturated heterocycles. The van der Waals surface area contributed by atoms with Crippen LogP contribution in [0.2, 0.25) is 0 Å². The van der Waals surface area contributed by atoms with Crippen molar-refractivity contribution < 1.29 is 4.74 Å². The zero-order valence-corrected chi connectivity index (χ0v) is 15.6. The number of aromatic nitrogens is 2. The molecule has 118 valence electrons. The van der Waals surface area contributed by atoms with Gasteiger partial charge in [0.05, 0.1) is 16.8 Å². The van der Waals surface area contributed by atoms with Gasteiger partial charge in [-0.3, -0.25) is 0 Å². The molecule has 1 aliphatic rings. The number of halogens is 1. The van der Waals surface area contributed by atoms with Crippen molar-refractivity contribution in [3.63, 3.8) is 0 Å². The van der Waals surface area contributed by atoms with Crippen molar-refractivity contribution in [2.45, 2.75) is 45.6 Å². The van der Waals surface area contributed by atoms with Crippen molar-refractivity contribution in [2.24, 2.45) is 0 Å². The molecule has 0 bridgehead atoms. The summed E-state index contributed by atoms with van der Waals surface area (Å²) in [6, 6.07) is 0. The number of anilines is 1. The average molecular weight is 374 g/mol. The van der Waals surface area contributed by atoms with Crippen LogP contribution in [0.1, 0.15) is 51.7 Å². The van der Waals surface area contributed by atoms with Crippen LogP contribution in [0, 0.1) is 0 Å². The Hall–Kier alpha value is -0.330. The number of rotatable bonds is 4.